The van der Waals surface area contributed by atoms with E-state index in [0.29, 0.717) is 11.3 Å². The lowest BCUT2D eigenvalue weighted by Gasteiger charge is -2.26. The van der Waals surface area contributed by atoms with E-state index in [0.717, 1.165) is 13.1 Å². The lowest BCUT2D eigenvalue weighted by atomic mass is 10.1. The molecule has 1 amide bonds. The van der Waals surface area contributed by atoms with Gasteiger partial charge >= 0.3 is 0 Å². The maximum atomic E-state index is 12.4. The molecule has 0 radical (unpaired) electrons. The Kier molecular flexibility index (Phi) is 6.07. The summed E-state index contributed by atoms with van der Waals surface area (Å²) in [5.74, 6) is -0.0247. The van der Waals surface area contributed by atoms with Gasteiger partial charge in [0.15, 0.2) is 5.78 Å². The van der Waals surface area contributed by atoms with Crippen LogP contribution in [0.25, 0.3) is 0 Å². The van der Waals surface area contributed by atoms with Crippen molar-refractivity contribution >= 4 is 28.7 Å². The molecular weight excluding hydrogens is 308 g/mol. The number of carbonyl (C=O) groups excluding carboxylic acids is 2. The molecule has 0 bridgehead atoms. The molecule has 0 saturated carbocycles. The van der Waals surface area contributed by atoms with E-state index in [1.165, 1.54) is 11.8 Å². The van der Waals surface area contributed by atoms with E-state index in [9.17, 15) is 9.59 Å². The van der Waals surface area contributed by atoms with Gasteiger partial charge in [-0.3, -0.25) is 14.5 Å². The molecule has 0 fully saturated rings. The standard InChI is InChI=1S/C18H22N2O2S/c1-4-20(12-17-6-5-11-23-17)13(2)18(22)19-16-9-7-15(8-10-16)14(3)21/h5-11,13H,4,12H2,1-3H3,(H,19,22)/t13-/m1/s1. The number of benzene rings is 1. The van der Waals surface area contributed by atoms with Crippen LogP contribution in [-0.2, 0) is 11.3 Å². The first-order valence-electron chi connectivity index (χ1n) is 7.69. The molecule has 0 aliphatic rings. The van der Waals surface area contributed by atoms with Crippen LogP contribution in [0.4, 0.5) is 5.69 Å². The Morgan fingerprint density at radius 2 is 1.91 bits per heavy atom. The average Bonchev–Trinajstić information content (AvgIpc) is 3.05. The first-order chi connectivity index (χ1) is 11.0. The van der Waals surface area contributed by atoms with Gasteiger partial charge in [0.25, 0.3) is 0 Å². The van der Waals surface area contributed by atoms with Crippen LogP contribution in [0.5, 0.6) is 0 Å². The summed E-state index contributed by atoms with van der Waals surface area (Å²) in [7, 11) is 0. The molecule has 4 nitrogen and oxygen atoms in total. The zero-order valence-corrected chi connectivity index (χ0v) is 14.5. The minimum Gasteiger partial charge on any atom is -0.325 e. The van der Waals surface area contributed by atoms with Crippen LogP contribution in [0.2, 0.25) is 0 Å². The molecule has 2 rings (SSSR count). The summed E-state index contributed by atoms with van der Waals surface area (Å²) < 4.78 is 0. The van der Waals surface area contributed by atoms with E-state index in [-0.39, 0.29) is 17.7 Å². The highest BCUT2D eigenvalue weighted by Gasteiger charge is 2.20. The number of anilines is 1. The van der Waals surface area contributed by atoms with Crippen molar-refractivity contribution in [2.75, 3.05) is 11.9 Å². The third-order valence-electron chi connectivity index (χ3n) is 3.83. The Balaban J connectivity index is 1.98. The molecule has 1 atom stereocenters. The molecule has 0 aliphatic carbocycles. The van der Waals surface area contributed by atoms with Gasteiger partial charge in [-0.25, -0.2) is 0 Å². The molecule has 0 saturated heterocycles. The molecule has 2 aromatic rings. The summed E-state index contributed by atoms with van der Waals surface area (Å²) in [5, 5.41) is 4.96. The lowest BCUT2D eigenvalue weighted by molar-refractivity contribution is -0.120. The van der Waals surface area contributed by atoms with Gasteiger partial charge in [0.2, 0.25) is 5.91 Å². The minimum atomic E-state index is -0.227. The van der Waals surface area contributed by atoms with Gasteiger partial charge in [0.05, 0.1) is 6.04 Å². The Labute approximate surface area is 141 Å². The summed E-state index contributed by atoms with van der Waals surface area (Å²) >= 11 is 1.70. The highest BCUT2D eigenvalue weighted by atomic mass is 32.1. The fourth-order valence-corrected chi connectivity index (χ4v) is 3.06. The van der Waals surface area contributed by atoms with Crippen molar-refractivity contribution in [1.82, 2.24) is 4.90 Å². The van der Waals surface area contributed by atoms with Crippen molar-refractivity contribution < 1.29 is 9.59 Å². The van der Waals surface area contributed by atoms with Crippen molar-refractivity contribution in [3.8, 4) is 0 Å². The number of hydrogen-bond donors (Lipinski definition) is 1. The molecule has 23 heavy (non-hydrogen) atoms. The topological polar surface area (TPSA) is 49.4 Å². The molecule has 1 aromatic heterocycles. The van der Waals surface area contributed by atoms with Crippen LogP contribution in [-0.4, -0.2) is 29.2 Å². The summed E-state index contributed by atoms with van der Waals surface area (Å²) in [6.07, 6.45) is 0. The third kappa shape index (κ3) is 4.74. The highest BCUT2D eigenvalue weighted by molar-refractivity contribution is 7.09. The van der Waals surface area contributed by atoms with Crippen LogP contribution < -0.4 is 5.32 Å². The fourth-order valence-electron chi connectivity index (χ4n) is 2.33. The van der Waals surface area contributed by atoms with Gasteiger partial charge in [0.1, 0.15) is 0 Å². The van der Waals surface area contributed by atoms with Gasteiger partial charge in [-0.15, -0.1) is 11.3 Å². The molecule has 1 N–H and O–H groups in total. The van der Waals surface area contributed by atoms with Crippen LogP contribution in [0.3, 0.4) is 0 Å². The van der Waals surface area contributed by atoms with Gasteiger partial charge < -0.3 is 5.32 Å². The first-order valence-corrected chi connectivity index (χ1v) is 8.57. The summed E-state index contributed by atoms with van der Waals surface area (Å²) in [6.45, 7) is 7.07. The van der Waals surface area contributed by atoms with Crippen molar-refractivity contribution in [3.05, 3.63) is 52.2 Å². The second-order valence-corrected chi connectivity index (χ2v) is 6.47. The summed E-state index contributed by atoms with van der Waals surface area (Å²) in [4.78, 5) is 27.1. The van der Waals surface area contributed by atoms with Gasteiger partial charge in [-0.05, 0) is 56.1 Å². The molecule has 1 aromatic carbocycles. The fraction of sp³-hybridized carbons (Fsp3) is 0.333. The largest absolute Gasteiger partial charge is 0.325 e. The summed E-state index contributed by atoms with van der Waals surface area (Å²) in [5.41, 5.74) is 1.35. The van der Waals surface area contributed by atoms with E-state index in [2.05, 4.69) is 23.2 Å². The van der Waals surface area contributed by atoms with Crippen LogP contribution >= 0.6 is 11.3 Å². The van der Waals surface area contributed by atoms with Gasteiger partial charge in [-0.2, -0.15) is 0 Å². The van der Waals surface area contributed by atoms with Crippen molar-refractivity contribution in [1.29, 1.82) is 0 Å². The Morgan fingerprint density at radius 1 is 1.22 bits per heavy atom. The lowest BCUT2D eigenvalue weighted by Crippen LogP contribution is -2.41. The normalized spacial score (nSPS) is 12.2. The number of nitrogens with one attached hydrogen (secondary N) is 1. The third-order valence-corrected chi connectivity index (χ3v) is 4.69. The number of amides is 1. The van der Waals surface area contributed by atoms with Crippen LogP contribution in [0.1, 0.15) is 36.0 Å². The Morgan fingerprint density at radius 3 is 2.43 bits per heavy atom. The Bertz CT molecular complexity index is 650. The summed E-state index contributed by atoms with van der Waals surface area (Å²) in [6, 6.07) is 10.9. The number of likely N-dealkylation sites (N-methyl/N-ethyl adjacent to an activating group) is 1. The number of hydrogen-bond acceptors (Lipinski definition) is 4. The smallest absolute Gasteiger partial charge is 0.241 e. The van der Waals surface area contributed by atoms with E-state index < -0.39 is 0 Å². The monoisotopic (exact) mass is 330 g/mol. The number of nitrogens with zero attached hydrogens (tertiary/aromatic N) is 1. The van der Waals surface area contributed by atoms with Crippen molar-refractivity contribution in [3.63, 3.8) is 0 Å². The van der Waals surface area contributed by atoms with Gasteiger partial charge in [0, 0.05) is 22.7 Å². The predicted octanol–water partition coefficient (Wildman–Crippen LogP) is 3.80. The number of rotatable bonds is 7. The highest BCUT2D eigenvalue weighted by Crippen LogP contribution is 2.15. The molecule has 0 aliphatic heterocycles. The van der Waals surface area contributed by atoms with E-state index in [1.54, 1.807) is 35.6 Å². The molecule has 5 heteroatoms. The maximum Gasteiger partial charge on any atom is 0.241 e. The quantitative estimate of drug-likeness (QED) is 0.786. The average molecular weight is 330 g/mol. The predicted molar refractivity (Wildman–Crippen MR) is 94.9 cm³/mol. The number of thiophene rings is 1. The van der Waals surface area contributed by atoms with Crippen LogP contribution in [0, 0.1) is 0 Å². The first kappa shape index (κ1) is 17.4. The van der Waals surface area contributed by atoms with E-state index in [4.69, 9.17) is 0 Å². The zero-order chi connectivity index (χ0) is 16.8. The second-order valence-electron chi connectivity index (χ2n) is 5.44. The molecule has 0 spiro atoms. The second kappa shape index (κ2) is 8.04. The number of ketones is 1. The zero-order valence-electron chi connectivity index (χ0n) is 13.7. The number of Topliss-reactive ketones (excluding diaryl/α,β-unsaturated/α-hetero) is 1. The van der Waals surface area contributed by atoms with Crippen molar-refractivity contribution in [2.24, 2.45) is 0 Å². The Hall–Kier alpha value is -1.98. The van der Waals surface area contributed by atoms with Gasteiger partial charge in [-0.1, -0.05) is 13.0 Å². The van der Waals surface area contributed by atoms with E-state index in [1.807, 2.05) is 18.4 Å². The molecule has 122 valence electrons. The molecule has 0 unspecified atom stereocenters. The minimum absolute atomic E-state index is 0.0179. The maximum absolute atomic E-state index is 12.4. The van der Waals surface area contributed by atoms with E-state index >= 15 is 0 Å². The van der Waals surface area contributed by atoms with Crippen molar-refractivity contribution in [2.45, 2.75) is 33.4 Å². The molecule has 1 heterocycles. The number of carbonyl (C=O) groups is 2. The van der Waals surface area contributed by atoms with Crippen LogP contribution in [0.15, 0.2) is 41.8 Å². The molecular formula is C18H22N2O2S. The SMILES string of the molecule is CCN(Cc1cccs1)[C@H](C)C(=O)Nc1ccc(C(C)=O)cc1.